The molecule has 2 aromatic rings. The van der Waals surface area contributed by atoms with Crippen molar-refractivity contribution in [3.8, 4) is 11.5 Å². The van der Waals surface area contributed by atoms with Gasteiger partial charge in [0.25, 0.3) is 0 Å². The third-order valence-electron chi connectivity index (χ3n) is 6.53. The average molecular weight is 505 g/mol. The van der Waals surface area contributed by atoms with E-state index in [4.69, 9.17) is 4.52 Å². The molecule has 0 aromatic heterocycles. The first-order chi connectivity index (χ1) is 15.6. The molecule has 0 fully saturated rings. The van der Waals surface area contributed by atoms with Gasteiger partial charge in [-0.1, -0.05) is 107 Å². The van der Waals surface area contributed by atoms with Crippen molar-refractivity contribution in [1.29, 1.82) is 0 Å². The highest BCUT2D eigenvalue weighted by molar-refractivity contribution is 7.40. The van der Waals surface area contributed by atoms with E-state index in [0.29, 0.717) is 24.3 Å². The number of phenols is 1. The Morgan fingerprint density at radius 3 is 1.46 bits per heavy atom. The second kappa shape index (κ2) is 10.0. The van der Waals surface area contributed by atoms with Crippen molar-refractivity contribution in [3.63, 3.8) is 0 Å². The first-order valence-corrected chi connectivity index (χ1v) is 13.6. The highest BCUT2D eigenvalue weighted by Gasteiger charge is 2.29. The van der Waals surface area contributed by atoms with Gasteiger partial charge in [-0.05, 0) is 62.3 Å². The summed E-state index contributed by atoms with van der Waals surface area (Å²) in [4.78, 5) is 9.57. The zero-order valence-electron chi connectivity index (χ0n) is 23.9. The Kier molecular flexibility index (Phi) is 8.47. The summed E-state index contributed by atoms with van der Waals surface area (Å²) >= 11 is 0. The molecule has 0 amide bonds. The van der Waals surface area contributed by atoms with Crippen molar-refractivity contribution >= 4 is 8.69 Å². The Bertz CT molecular complexity index is 1050. The molecule has 1 unspecified atom stereocenters. The van der Waals surface area contributed by atoms with Crippen LogP contribution in [0, 0.1) is 0 Å². The Balaban J connectivity index is 2.69. The maximum atomic E-state index is 13.8. The van der Waals surface area contributed by atoms with Crippen LogP contribution in [0.3, 0.4) is 0 Å². The monoisotopic (exact) mass is 504 g/mol. The Hall–Kier alpha value is -1.64. The number of benzene rings is 2. The van der Waals surface area contributed by atoms with Crippen molar-refractivity contribution < 1.29 is 18.7 Å². The summed E-state index contributed by atoms with van der Waals surface area (Å²) in [5.74, 6) is 0.745. The predicted molar refractivity (Wildman–Crippen MR) is 148 cm³/mol. The summed E-state index contributed by atoms with van der Waals surface area (Å²) in [5.41, 5.74) is 5.15. The number of hydrogen-bond donors (Lipinski definition) is 2. The minimum atomic E-state index is -3.06. The van der Waals surface area contributed by atoms with E-state index >= 15 is 0 Å². The Morgan fingerprint density at radius 1 is 0.657 bits per heavy atom. The maximum Gasteiger partial charge on any atom is 0.436 e. The average Bonchev–Trinajstić information content (AvgIpc) is 2.63. The maximum absolute atomic E-state index is 13.8. The largest absolute Gasteiger partial charge is 0.507 e. The van der Waals surface area contributed by atoms with Gasteiger partial charge < -0.3 is 14.5 Å². The quantitative estimate of drug-likeness (QED) is 0.400. The van der Waals surface area contributed by atoms with Gasteiger partial charge in [-0.25, -0.2) is 0 Å². The van der Waals surface area contributed by atoms with Crippen molar-refractivity contribution in [2.45, 2.75) is 118 Å². The van der Waals surface area contributed by atoms with Crippen molar-refractivity contribution in [1.82, 2.24) is 0 Å². The van der Waals surface area contributed by atoms with Crippen LogP contribution in [0.15, 0.2) is 24.3 Å². The lowest BCUT2D eigenvalue weighted by Gasteiger charge is -2.30. The number of rotatable bonds is 5. The molecule has 0 aliphatic rings. The van der Waals surface area contributed by atoms with E-state index in [9.17, 15) is 14.2 Å². The highest BCUT2D eigenvalue weighted by atomic mass is 31.2. The SMILES string of the molecule is CC(C)(C)c1cc(CCc2cc(C(C)(C)C)cc(C(C)(C)C)c2OP(O)F)c(O)c(C(C)(C)C)c1. The van der Waals surface area contributed by atoms with E-state index in [-0.39, 0.29) is 21.7 Å². The van der Waals surface area contributed by atoms with Crippen LogP contribution in [0.5, 0.6) is 11.5 Å². The molecule has 0 saturated heterocycles. The zero-order chi connectivity index (χ0) is 27.1. The van der Waals surface area contributed by atoms with E-state index in [0.717, 1.165) is 27.8 Å². The minimum Gasteiger partial charge on any atom is -0.507 e. The van der Waals surface area contributed by atoms with Gasteiger partial charge in [-0.3, -0.25) is 0 Å². The third-order valence-corrected chi connectivity index (χ3v) is 6.87. The van der Waals surface area contributed by atoms with Crippen molar-refractivity contribution in [3.05, 3.63) is 57.6 Å². The van der Waals surface area contributed by atoms with E-state index < -0.39 is 8.69 Å². The minimum absolute atomic E-state index is 0.0662. The van der Waals surface area contributed by atoms with E-state index in [1.54, 1.807) is 0 Å². The summed E-state index contributed by atoms with van der Waals surface area (Å²) in [5, 5.41) is 11.2. The van der Waals surface area contributed by atoms with Gasteiger partial charge in [0.15, 0.2) is 0 Å². The first-order valence-electron chi connectivity index (χ1n) is 12.5. The van der Waals surface area contributed by atoms with E-state index in [2.05, 4.69) is 107 Å². The molecule has 0 bridgehead atoms. The molecule has 0 aliphatic carbocycles. The van der Waals surface area contributed by atoms with Gasteiger partial charge in [0.2, 0.25) is 0 Å². The molecule has 2 N–H and O–H groups in total. The van der Waals surface area contributed by atoms with Crippen LogP contribution in [-0.2, 0) is 34.5 Å². The fraction of sp³-hybridized carbons (Fsp3) is 0.600. The molecule has 3 nitrogen and oxygen atoms in total. The first kappa shape index (κ1) is 29.6. The number of phenolic OH excluding ortho intramolecular Hbond substituents is 1. The second-order valence-electron chi connectivity index (χ2n) is 13.9. The summed E-state index contributed by atoms with van der Waals surface area (Å²) in [6, 6.07) is 8.36. The number of hydrogen-bond acceptors (Lipinski definition) is 3. The molecular formula is C30H46FO3P. The van der Waals surface area contributed by atoms with Crippen LogP contribution >= 0.6 is 8.69 Å². The van der Waals surface area contributed by atoms with Gasteiger partial charge in [-0.15, -0.1) is 4.20 Å². The van der Waals surface area contributed by atoms with Gasteiger partial charge in [0.1, 0.15) is 11.5 Å². The normalized spacial score (nSPS) is 14.2. The molecule has 196 valence electrons. The summed E-state index contributed by atoms with van der Waals surface area (Å²) in [7, 11) is -3.06. The molecular weight excluding hydrogens is 458 g/mol. The zero-order valence-corrected chi connectivity index (χ0v) is 24.7. The number of aryl methyl sites for hydroxylation is 2. The lowest BCUT2D eigenvalue weighted by Crippen LogP contribution is -2.19. The number of aromatic hydroxyl groups is 1. The molecule has 0 saturated carbocycles. The molecule has 1 atom stereocenters. The van der Waals surface area contributed by atoms with Crippen LogP contribution in [-0.4, -0.2) is 10.00 Å². The molecule has 0 radical (unpaired) electrons. The van der Waals surface area contributed by atoms with Gasteiger partial charge in [-0.2, -0.15) is 0 Å². The second-order valence-corrected chi connectivity index (χ2v) is 14.5. The van der Waals surface area contributed by atoms with Crippen LogP contribution in [0.1, 0.15) is 116 Å². The summed E-state index contributed by atoms with van der Waals surface area (Å²) < 4.78 is 19.3. The lowest BCUT2D eigenvalue weighted by molar-refractivity contribution is 0.419. The fourth-order valence-electron chi connectivity index (χ4n) is 4.21. The Labute approximate surface area is 214 Å². The van der Waals surface area contributed by atoms with Gasteiger partial charge in [0.05, 0.1) is 0 Å². The molecule has 0 aliphatic heterocycles. The van der Waals surface area contributed by atoms with Crippen LogP contribution in [0.2, 0.25) is 0 Å². The topological polar surface area (TPSA) is 49.7 Å². The molecule has 35 heavy (non-hydrogen) atoms. The smallest absolute Gasteiger partial charge is 0.436 e. The molecule has 2 rings (SSSR count). The van der Waals surface area contributed by atoms with Crippen LogP contribution in [0.4, 0.5) is 4.20 Å². The molecule has 0 heterocycles. The highest BCUT2D eigenvalue weighted by Crippen LogP contribution is 2.45. The van der Waals surface area contributed by atoms with Crippen molar-refractivity contribution in [2.24, 2.45) is 0 Å². The van der Waals surface area contributed by atoms with Gasteiger partial charge in [0, 0.05) is 5.56 Å². The molecule has 2 aromatic carbocycles. The molecule has 0 spiro atoms. The summed E-state index contributed by atoms with van der Waals surface area (Å²) in [6.07, 6.45) is 1.12. The number of halogens is 1. The third kappa shape index (κ3) is 7.43. The van der Waals surface area contributed by atoms with Crippen LogP contribution < -0.4 is 4.52 Å². The summed E-state index contributed by atoms with van der Waals surface area (Å²) in [6.45, 7) is 25.5. The fourth-order valence-corrected chi connectivity index (χ4v) is 4.57. The Morgan fingerprint density at radius 2 is 1.06 bits per heavy atom. The van der Waals surface area contributed by atoms with Crippen molar-refractivity contribution in [2.75, 3.05) is 0 Å². The van der Waals surface area contributed by atoms with Crippen LogP contribution in [0.25, 0.3) is 0 Å². The lowest BCUT2D eigenvalue weighted by atomic mass is 9.77. The molecule has 5 heteroatoms. The van der Waals surface area contributed by atoms with E-state index in [1.807, 2.05) is 0 Å². The predicted octanol–water partition coefficient (Wildman–Crippen LogP) is 8.93. The van der Waals surface area contributed by atoms with E-state index in [1.165, 1.54) is 5.56 Å². The van der Waals surface area contributed by atoms with Gasteiger partial charge >= 0.3 is 8.69 Å². The standard InChI is InChI=1S/C30H46FO3P/c1-27(2,3)21-15-19(25(32)23(17-21)29(7,8)9)13-14-20-16-22(28(4,5)6)18-24(30(10,11)12)26(20)34-35(31)33/h15-18,32-33H,13-14H2,1-12H3.